The lowest BCUT2D eigenvalue weighted by Gasteiger charge is -2.34. The highest BCUT2D eigenvalue weighted by atomic mass is 16.6. The molecule has 1 aliphatic rings. The summed E-state index contributed by atoms with van der Waals surface area (Å²) in [4.78, 5) is 21.6. The molecule has 86 valence electrons. The van der Waals surface area contributed by atoms with Crippen LogP contribution in [0.3, 0.4) is 0 Å². The molecule has 0 aromatic heterocycles. The van der Waals surface area contributed by atoms with Gasteiger partial charge in [-0.25, -0.2) is 9.59 Å². The van der Waals surface area contributed by atoms with E-state index in [1.165, 1.54) is 0 Å². The van der Waals surface area contributed by atoms with Gasteiger partial charge in [0.1, 0.15) is 0 Å². The number of rotatable bonds is 3. The average molecular weight is 216 g/mol. The Morgan fingerprint density at radius 3 is 2.73 bits per heavy atom. The zero-order valence-corrected chi connectivity index (χ0v) is 8.99. The highest BCUT2D eigenvalue weighted by Crippen LogP contribution is 2.28. The zero-order chi connectivity index (χ0) is 11.5. The van der Waals surface area contributed by atoms with Crippen molar-refractivity contribution in [2.24, 2.45) is 0 Å². The maximum absolute atomic E-state index is 11.4. The van der Waals surface area contributed by atoms with E-state index >= 15 is 0 Å². The second-order valence-electron chi connectivity index (χ2n) is 4.26. The van der Waals surface area contributed by atoms with Gasteiger partial charge >= 0.3 is 11.9 Å². The van der Waals surface area contributed by atoms with Crippen LogP contribution in [0.25, 0.3) is 0 Å². The monoisotopic (exact) mass is 216 g/mol. The highest BCUT2D eigenvalue weighted by Gasteiger charge is 2.33. The summed E-state index contributed by atoms with van der Waals surface area (Å²) >= 11 is 0. The van der Waals surface area contributed by atoms with Crippen LogP contribution in [0, 0.1) is 0 Å². The van der Waals surface area contributed by atoms with E-state index in [1.54, 1.807) is 0 Å². The van der Waals surface area contributed by atoms with E-state index in [9.17, 15) is 9.59 Å². The van der Waals surface area contributed by atoms with Crippen molar-refractivity contribution in [2.45, 2.75) is 44.8 Å². The lowest BCUT2D eigenvalue weighted by molar-refractivity contribution is -0.178. The number of aliphatic carboxylic acids is 1. The molecular formula is C10H16O5. The number of hydrogen-bond acceptors (Lipinski definition) is 4. The van der Waals surface area contributed by atoms with Crippen molar-refractivity contribution in [3.05, 3.63) is 0 Å². The first-order chi connectivity index (χ1) is 6.91. The van der Waals surface area contributed by atoms with Gasteiger partial charge in [0.2, 0.25) is 0 Å². The molecule has 1 heterocycles. The summed E-state index contributed by atoms with van der Waals surface area (Å²) in [6.07, 6.45) is 1.77. The molecule has 0 bridgehead atoms. The smallest absolute Gasteiger partial charge is 0.341 e. The van der Waals surface area contributed by atoms with Gasteiger partial charge in [0, 0.05) is 0 Å². The quantitative estimate of drug-likeness (QED) is 0.711. The minimum absolute atomic E-state index is 0.328. The minimum Gasteiger partial charge on any atom is -0.479 e. The van der Waals surface area contributed by atoms with Gasteiger partial charge in [-0.3, -0.25) is 0 Å². The zero-order valence-electron chi connectivity index (χ0n) is 8.99. The fraction of sp³-hybridized carbons (Fsp3) is 0.800. The Balaban J connectivity index is 2.42. The molecule has 0 aromatic carbocycles. The van der Waals surface area contributed by atoms with E-state index in [2.05, 4.69) is 4.74 Å². The maximum atomic E-state index is 11.4. The molecule has 1 unspecified atom stereocenters. The van der Waals surface area contributed by atoms with Gasteiger partial charge in [0.15, 0.2) is 12.7 Å². The summed E-state index contributed by atoms with van der Waals surface area (Å²) in [7, 11) is 0. The van der Waals surface area contributed by atoms with Crippen molar-refractivity contribution in [1.82, 2.24) is 0 Å². The van der Waals surface area contributed by atoms with Crippen LogP contribution < -0.4 is 0 Å². The molecule has 0 saturated carbocycles. The SMILES string of the molecule is CC1(C)CCCC(C(=O)OCC(=O)O)O1. The van der Waals surface area contributed by atoms with Crippen LogP contribution in [0.15, 0.2) is 0 Å². The number of carbonyl (C=O) groups is 2. The number of esters is 1. The Morgan fingerprint density at radius 1 is 1.53 bits per heavy atom. The third-order valence-corrected chi connectivity index (χ3v) is 2.31. The van der Waals surface area contributed by atoms with Gasteiger partial charge < -0.3 is 14.6 Å². The molecule has 1 aliphatic heterocycles. The molecule has 1 rings (SSSR count). The van der Waals surface area contributed by atoms with E-state index in [0.717, 1.165) is 12.8 Å². The van der Waals surface area contributed by atoms with Crippen molar-refractivity contribution in [3.63, 3.8) is 0 Å². The van der Waals surface area contributed by atoms with Gasteiger partial charge in [-0.05, 0) is 33.1 Å². The summed E-state index contributed by atoms with van der Waals surface area (Å²) in [6.45, 7) is 3.21. The van der Waals surface area contributed by atoms with E-state index in [0.29, 0.717) is 6.42 Å². The van der Waals surface area contributed by atoms with Crippen molar-refractivity contribution in [2.75, 3.05) is 6.61 Å². The first-order valence-electron chi connectivity index (χ1n) is 4.97. The Bertz CT molecular complexity index is 259. The number of ether oxygens (including phenoxy) is 2. The molecule has 0 aromatic rings. The molecule has 1 saturated heterocycles. The summed E-state index contributed by atoms with van der Waals surface area (Å²) in [6, 6.07) is 0. The Hall–Kier alpha value is -1.10. The van der Waals surface area contributed by atoms with E-state index < -0.39 is 24.6 Å². The lowest BCUT2D eigenvalue weighted by atomic mass is 9.95. The van der Waals surface area contributed by atoms with Gasteiger partial charge in [-0.15, -0.1) is 0 Å². The molecule has 15 heavy (non-hydrogen) atoms. The summed E-state index contributed by atoms with van der Waals surface area (Å²) in [5.74, 6) is -1.73. The van der Waals surface area contributed by atoms with Crippen molar-refractivity contribution < 1.29 is 24.2 Å². The highest BCUT2D eigenvalue weighted by molar-refractivity contribution is 5.78. The summed E-state index contributed by atoms with van der Waals surface area (Å²) in [5, 5.41) is 8.35. The Labute approximate surface area is 88.4 Å². The van der Waals surface area contributed by atoms with Crippen LogP contribution in [0.1, 0.15) is 33.1 Å². The van der Waals surface area contributed by atoms with E-state index in [1.807, 2.05) is 13.8 Å². The van der Waals surface area contributed by atoms with Gasteiger partial charge in [0.25, 0.3) is 0 Å². The molecule has 0 spiro atoms. The maximum Gasteiger partial charge on any atom is 0.341 e. The second kappa shape index (κ2) is 4.61. The largest absolute Gasteiger partial charge is 0.479 e. The van der Waals surface area contributed by atoms with Crippen LogP contribution >= 0.6 is 0 Å². The molecule has 5 nitrogen and oxygen atoms in total. The van der Waals surface area contributed by atoms with Crippen LogP contribution in [0.4, 0.5) is 0 Å². The van der Waals surface area contributed by atoms with Crippen LogP contribution in [0.5, 0.6) is 0 Å². The third-order valence-electron chi connectivity index (χ3n) is 2.31. The predicted octanol–water partition coefficient (Wildman–Crippen LogP) is 0.962. The molecule has 1 atom stereocenters. The van der Waals surface area contributed by atoms with Crippen molar-refractivity contribution in [1.29, 1.82) is 0 Å². The van der Waals surface area contributed by atoms with Crippen molar-refractivity contribution in [3.8, 4) is 0 Å². The topological polar surface area (TPSA) is 72.8 Å². The minimum atomic E-state index is -1.15. The Kier molecular flexibility index (Phi) is 3.68. The van der Waals surface area contributed by atoms with Crippen molar-refractivity contribution >= 4 is 11.9 Å². The van der Waals surface area contributed by atoms with E-state index in [-0.39, 0.29) is 5.60 Å². The van der Waals surface area contributed by atoms with E-state index in [4.69, 9.17) is 9.84 Å². The van der Waals surface area contributed by atoms with Crippen LogP contribution in [-0.4, -0.2) is 35.4 Å². The van der Waals surface area contributed by atoms with Gasteiger partial charge in [-0.2, -0.15) is 0 Å². The summed E-state index contributed by atoms with van der Waals surface area (Å²) < 4.78 is 10.1. The number of hydrogen-bond donors (Lipinski definition) is 1. The molecule has 1 N–H and O–H groups in total. The Morgan fingerprint density at radius 2 is 2.20 bits per heavy atom. The third kappa shape index (κ3) is 3.87. The molecular weight excluding hydrogens is 200 g/mol. The molecule has 1 fully saturated rings. The predicted molar refractivity (Wildman–Crippen MR) is 51.4 cm³/mol. The summed E-state index contributed by atoms with van der Waals surface area (Å²) in [5.41, 5.74) is -0.328. The fourth-order valence-corrected chi connectivity index (χ4v) is 1.61. The number of carboxylic acid groups (broad SMARTS) is 1. The van der Waals surface area contributed by atoms with Crippen LogP contribution in [0.2, 0.25) is 0 Å². The van der Waals surface area contributed by atoms with Gasteiger partial charge in [0.05, 0.1) is 5.60 Å². The first kappa shape index (κ1) is 12.0. The molecule has 5 heteroatoms. The van der Waals surface area contributed by atoms with Gasteiger partial charge in [-0.1, -0.05) is 0 Å². The molecule has 0 amide bonds. The normalized spacial score (nSPS) is 24.5. The second-order valence-corrected chi connectivity index (χ2v) is 4.26. The standard InChI is InChI=1S/C10H16O5/c1-10(2)5-3-4-7(15-10)9(13)14-6-8(11)12/h7H,3-6H2,1-2H3,(H,11,12). The van der Waals surface area contributed by atoms with Crippen LogP contribution in [-0.2, 0) is 19.1 Å². The number of carbonyl (C=O) groups excluding carboxylic acids is 1. The lowest BCUT2D eigenvalue weighted by Crippen LogP contribution is -2.40. The molecule has 0 aliphatic carbocycles. The average Bonchev–Trinajstić information content (AvgIpc) is 2.12. The first-order valence-corrected chi connectivity index (χ1v) is 4.97. The fourth-order valence-electron chi connectivity index (χ4n) is 1.61. The number of carboxylic acids is 1. The molecule has 0 radical (unpaired) electrons.